The largest absolute Gasteiger partial charge is 0.497 e. The lowest BCUT2D eigenvalue weighted by molar-refractivity contribution is -0.125. The molecule has 1 saturated heterocycles. The number of aryl methyl sites for hydroxylation is 1. The van der Waals surface area contributed by atoms with E-state index in [4.69, 9.17) is 9.47 Å². The first-order chi connectivity index (χ1) is 10.3. The Kier molecular flexibility index (Phi) is 6.50. The number of methoxy groups -OCH3 is 1. The molecule has 0 aromatic heterocycles. The van der Waals surface area contributed by atoms with Crippen LogP contribution in [-0.4, -0.2) is 45.4 Å². The number of morpholine rings is 1. The molecule has 116 valence electrons. The van der Waals surface area contributed by atoms with Gasteiger partial charge in [-0.3, -0.25) is 4.79 Å². The van der Waals surface area contributed by atoms with Crippen molar-refractivity contribution < 1.29 is 14.3 Å². The summed E-state index contributed by atoms with van der Waals surface area (Å²) >= 11 is 0. The van der Waals surface area contributed by atoms with E-state index >= 15 is 0 Å². The van der Waals surface area contributed by atoms with Gasteiger partial charge < -0.3 is 20.1 Å². The van der Waals surface area contributed by atoms with Crippen LogP contribution in [0.3, 0.4) is 0 Å². The van der Waals surface area contributed by atoms with Crippen LogP contribution in [0.2, 0.25) is 0 Å². The van der Waals surface area contributed by atoms with Gasteiger partial charge in [-0.25, -0.2) is 0 Å². The van der Waals surface area contributed by atoms with Crippen molar-refractivity contribution >= 4 is 5.91 Å². The summed E-state index contributed by atoms with van der Waals surface area (Å²) in [5.74, 6) is 0.923. The van der Waals surface area contributed by atoms with Gasteiger partial charge in [0.1, 0.15) is 11.8 Å². The summed E-state index contributed by atoms with van der Waals surface area (Å²) in [6.45, 7) is 2.62. The fourth-order valence-electron chi connectivity index (χ4n) is 2.31. The highest BCUT2D eigenvalue weighted by Gasteiger charge is 2.20. The summed E-state index contributed by atoms with van der Waals surface area (Å²) in [5, 5.41) is 6.10. The minimum Gasteiger partial charge on any atom is -0.497 e. The molecule has 2 N–H and O–H groups in total. The quantitative estimate of drug-likeness (QED) is 0.740. The van der Waals surface area contributed by atoms with Gasteiger partial charge in [-0.2, -0.15) is 0 Å². The molecule has 1 aromatic rings. The molecule has 1 aliphatic heterocycles. The van der Waals surface area contributed by atoms with Crippen LogP contribution in [0, 0.1) is 0 Å². The van der Waals surface area contributed by atoms with Crippen LogP contribution >= 0.6 is 0 Å². The molecule has 0 spiro atoms. The molecule has 0 saturated carbocycles. The van der Waals surface area contributed by atoms with E-state index in [0.717, 1.165) is 31.6 Å². The molecule has 0 unspecified atom stereocenters. The van der Waals surface area contributed by atoms with Gasteiger partial charge in [0.2, 0.25) is 5.91 Å². The first-order valence-corrected chi connectivity index (χ1v) is 7.51. The van der Waals surface area contributed by atoms with Gasteiger partial charge in [-0.05, 0) is 37.0 Å². The molecule has 0 aliphatic carbocycles. The van der Waals surface area contributed by atoms with Crippen molar-refractivity contribution in [3.63, 3.8) is 0 Å². The molecule has 1 aromatic carbocycles. The minimum atomic E-state index is -0.194. The summed E-state index contributed by atoms with van der Waals surface area (Å²) in [6, 6.07) is 7.93. The third-order valence-electron chi connectivity index (χ3n) is 3.59. The summed E-state index contributed by atoms with van der Waals surface area (Å²) in [7, 11) is 1.67. The number of unbranched alkanes of at least 4 members (excludes halogenated alkanes) is 1. The summed E-state index contributed by atoms with van der Waals surface area (Å²) < 4.78 is 10.4. The number of amides is 1. The molecule has 0 bridgehead atoms. The van der Waals surface area contributed by atoms with E-state index in [9.17, 15) is 4.79 Å². The fourth-order valence-corrected chi connectivity index (χ4v) is 2.31. The third-order valence-corrected chi connectivity index (χ3v) is 3.59. The Hall–Kier alpha value is -1.59. The van der Waals surface area contributed by atoms with Crippen LogP contribution in [0.5, 0.6) is 5.75 Å². The Balaban J connectivity index is 1.57. The van der Waals surface area contributed by atoms with Crippen LogP contribution in [0.1, 0.15) is 18.4 Å². The SMILES string of the molecule is COc1ccc(CCCCNC(=O)[C@H]2COCCN2)cc1. The zero-order valence-electron chi connectivity index (χ0n) is 12.6. The number of benzene rings is 1. The van der Waals surface area contributed by atoms with Crippen molar-refractivity contribution in [1.82, 2.24) is 10.6 Å². The molecule has 2 rings (SSSR count). The number of rotatable bonds is 7. The van der Waals surface area contributed by atoms with E-state index in [1.54, 1.807) is 7.11 Å². The maximum Gasteiger partial charge on any atom is 0.239 e. The van der Waals surface area contributed by atoms with Gasteiger partial charge in [0.15, 0.2) is 0 Å². The second-order valence-corrected chi connectivity index (χ2v) is 5.18. The first kappa shape index (κ1) is 15.8. The first-order valence-electron chi connectivity index (χ1n) is 7.51. The number of nitrogens with one attached hydrogen (secondary N) is 2. The highest BCUT2D eigenvalue weighted by molar-refractivity contribution is 5.81. The topological polar surface area (TPSA) is 59.6 Å². The normalized spacial score (nSPS) is 18.2. The van der Waals surface area contributed by atoms with Crippen molar-refractivity contribution in [2.75, 3.05) is 33.4 Å². The Morgan fingerprint density at radius 1 is 1.38 bits per heavy atom. The van der Waals surface area contributed by atoms with E-state index in [2.05, 4.69) is 22.8 Å². The van der Waals surface area contributed by atoms with E-state index in [-0.39, 0.29) is 11.9 Å². The van der Waals surface area contributed by atoms with Gasteiger partial charge in [0, 0.05) is 13.1 Å². The molecule has 1 amide bonds. The summed E-state index contributed by atoms with van der Waals surface area (Å²) in [6.07, 6.45) is 3.05. The van der Waals surface area contributed by atoms with Crippen LogP contribution in [-0.2, 0) is 16.0 Å². The molecule has 1 aliphatic rings. The van der Waals surface area contributed by atoms with E-state index < -0.39 is 0 Å². The van der Waals surface area contributed by atoms with Gasteiger partial charge in [-0.15, -0.1) is 0 Å². The van der Waals surface area contributed by atoms with Crippen molar-refractivity contribution in [2.45, 2.75) is 25.3 Å². The van der Waals surface area contributed by atoms with Gasteiger partial charge in [0.05, 0.1) is 20.3 Å². The lowest BCUT2D eigenvalue weighted by Gasteiger charge is -2.22. The molecular weight excluding hydrogens is 268 g/mol. The molecule has 5 nitrogen and oxygen atoms in total. The maximum absolute atomic E-state index is 11.8. The van der Waals surface area contributed by atoms with Gasteiger partial charge in [0.25, 0.3) is 0 Å². The smallest absolute Gasteiger partial charge is 0.239 e. The monoisotopic (exact) mass is 292 g/mol. The Morgan fingerprint density at radius 3 is 2.86 bits per heavy atom. The van der Waals surface area contributed by atoms with Crippen molar-refractivity contribution in [3.8, 4) is 5.75 Å². The van der Waals surface area contributed by atoms with Crippen molar-refractivity contribution in [3.05, 3.63) is 29.8 Å². The molecule has 1 atom stereocenters. The third kappa shape index (κ3) is 5.36. The predicted octanol–water partition coefficient (Wildman–Crippen LogP) is 1.12. The number of ether oxygens (including phenoxy) is 2. The van der Waals surface area contributed by atoms with Crippen molar-refractivity contribution in [1.29, 1.82) is 0 Å². The maximum atomic E-state index is 11.8. The fraction of sp³-hybridized carbons (Fsp3) is 0.562. The standard InChI is InChI=1S/C16H24N2O3/c1-20-14-7-5-13(6-8-14)4-2-3-9-18-16(19)15-12-21-11-10-17-15/h5-8,15,17H,2-4,9-12H2,1H3,(H,18,19)/t15-/m1/s1. The molecular formula is C16H24N2O3. The van der Waals surface area contributed by atoms with Crippen LogP contribution in [0.4, 0.5) is 0 Å². The lowest BCUT2D eigenvalue weighted by Crippen LogP contribution is -2.51. The van der Waals surface area contributed by atoms with Crippen LogP contribution in [0.15, 0.2) is 24.3 Å². The Morgan fingerprint density at radius 2 is 2.19 bits per heavy atom. The minimum absolute atomic E-state index is 0.0409. The number of hydrogen-bond acceptors (Lipinski definition) is 4. The zero-order chi connectivity index (χ0) is 14.9. The van der Waals surface area contributed by atoms with Crippen molar-refractivity contribution in [2.24, 2.45) is 0 Å². The van der Waals surface area contributed by atoms with E-state index in [0.29, 0.717) is 19.8 Å². The van der Waals surface area contributed by atoms with E-state index in [1.807, 2.05) is 12.1 Å². The van der Waals surface area contributed by atoms with Gasteiger partial charge in [-0.1, -0.05) is 12.1 Å². The Bertz CT molecular complexity index is 428. The van der Waals surface area contributed by atoms with Crippen LogP contribution in [0.25, 0.3) is 0 Å². The summed E-state index contributed by atoms with van der Waals surface area (Å²) in [5.41, 5.74) is 1.30. The molecule has 21 heavy (non-hydrogen) atoms. The molecule has 0 radical (unpaired) electrons. The van der Waals surface area contributed by atoms with Gasteiger partial charge >= 0.3 is 0 Å². The summed E-state index contributed by atoms with van der Waals surface area (Å²) in [4.78, 5) is 11.8. The number of carbonyl (C=O) groups excluding carboxylic acids is 1. The zero-order valence-corrected chi connectivity index (χ0v) is 12.6. The predicted molar refractivity (Wildman–Crippen MR) is 81.6 cm³/mol. The average molecular weight is 292 g/mol. The van der Waals surface area contributed by atoms with Crippen LogP contribution < -0.4 is 15.4 Å². The Labute approximate surface area is 126 Å². The highest BCUT2D eigenvalue weighted by Crippen LogP contribution is 2.12. The molecule has 1 heterocycles. The number of hydrogen-bond donors (Lipinski definition) is 2. The second-order valence-electron chi connectivity index (χ2n) is 5.18. The molecule has 1 fully saturated rings. The lowest BCUT2D eigenvalue weighted by atomic mass is 10.1. The second kappa shape index (κ2) is 8.64. The number of carbonyl (C=O) groups is 1. The highest BCUT2D eigenvalue weighted by atomic mass is 16.5. The molecule has 5 heteroatoms. The van der Waals surface area contributed by atoms with E-state index in [1.165, 1.54) is 5.56 Å². The average Bonchev–Trinajstić information content (AvgIpc) is 2.55.